The van der Waals surface area contributed by atoms with Crippen LogP contribution < -0.4 is 15.4 Å². The van der Waals surface area contributed by atoms with E-state index in [0.29, 0.717) is 12.2 Å². The summed E-state index contributed by atoms with van der Waals surface area (Å²) in [5.74, 6) is -0.363. The summed E-state index contributed by atoms with van der Waals surface area (Å²) in [5.41, 5.74) is 5.05. The third-order valence-corrected chi connectivity index (χ3v) is 5.62. The molecule has 174 valence electrons. The molecule has 0 saturated carbocycles. The Kier molecular flexibility index (Phi) is 7.11. The number of halogens is 3. The van der Waals surface area contributed by atoms with E-state index in [0.717, 1.165) is 17.7 Å². The number of alkyl halides is 3. The summed E-state index contributed by atoms with van der Waals surface area (Å²) >= 11 is 0. The minimum atomic E-state index is -4.69. The predicted molar refractivity (Wildman–Crippen MR) is 114 cm³/mol. The highest BCUT2D eigenvalue weighted by Crippen LogP contribution is 2.35. The average Bonchev–Trinajstić information content (AvgIpc) is 2.81. The van der Waals surface area contributed by atoms with E-state index in [4.69, 9.17) is 15.7 Å². The molecule has 2 aromatic carbocycles. The maximum absolute atomic E-state index is 13.3. The molecule has 0 spiro atoms. The van der Waals surface area contributed by atoms with Gasteiger partial charge in [0.05, 0.1) is 24.3 Å². The van der Waals surface area contributed by atoms with Gasteiger partial charge in [-0.1, -0.05) is 18.2 Å². The summed E-state index contributed by atoms with van der Waals surface area (Å²) in [6.45, 7) is 0.298. The van der Waals surface area contributed by atoms with Crippen molar-refractivity contribution in [1.82, 2.24) is 4.90 Å². The molecule has 10 heteroatoms. The number of piperazine rings is 1. The van der Waals surface area contributed by atoms with Crippen LogP contribution in [0.4, 0.5) is 18.9 Å². The van der Waals surface area contributed by atoms with Gasteiger partial charge in [-0.25, -0.2) is 0 Å². The van der Waals surface area contributed by atoms with Crippen molar-refractivity contribution in [2.75, 3.05) is 31.6 Å². The summed E-state index contributed by atoms with van der Waals surface area (Å²) in [7, 11) is 1.54. The fourth-order valence-electron chi connectivity index (χ4n) is 3.92. The smallest absolute Gasteiger partial charge is 0.417 e. The van der Waals surface area contributed by atoms with Crippen LogP contribution >= 0.6 is 0 Å². The molecular formula is C23H23F3N4O3. The SMILES string of the molecule is COc1ccccc1CCC(=O)N1CCN(c2ccc(C#N)c(C(F)(F)F)c2)CC1C(N)=O. The Hall–Kier alpha value is -3.74. The summed E-state index contributed by atoms with van der Waals surface area (Å²) in [5, 5.41) is 8.98. The molecule has 0 aliphatic carbocycles. The lowest BCUT2D eigenvalue weighted by molar-refractivity contribution is -0.139. The van der Waals surface area contributed by atoms with E-state index in [9.17, 15) is 22.8 Å². The van der Waals surface area contributed by atoms with Gasteiger partial charge in [0.15, 0.2) is 0 Å². The number of anilines is 1. The molecule has 1 heterocycles. The topological polar surface area (TPSA) is 99.7 Å². The van der Waals surface area contributed by atoms with Crippen LogP contribution in [-0.2, 0) is 22.2 Å². The number of nitrogens with two attached hydrogens (primary N) is 1. The maximum Gasteiger partial charge on any atom is 0.417 e. The minimum Gasteiger partial charge on any atom is -0.496 e. The normalized spacial score (nSPS) is 16.3. The van der Waals surface area contributed by atoms with E-state index in [1.54, 1.807) is 17.0 Å². The van der Waals surface area contributed by atoms with Crippen LogP contribution in [0.3, 0.4) is 0 Å². The molecule has 1 unspecified atom stereocenters. The van der Waals surface area contributed by atoms with Crippen molar-refractivity contribution in [2.24, 2.45) is 5.73 Å². The fraction of sp³-hybridized carbons (Fsp3) is 0.348. The second-order valence-corrected chi connectivity index (χ2v) is 7.60. The Balaban J connectivity index is 1.75. The van der Waals surface area contributed by atoms with Crippen molar-refractivity contribution in [3.8, 4) is 11.8 Å². The lowest BCUT2D eigenvalue weighted by Crippen LogP contribution is -2.60. The monoisotopic (exact) mass is 460 g/mol. The molecular weight excluding hydrogens is 437 g/mol. The Bertz CT molecular complexity index is 1080. The molecule has 1 aliphatic rings. The highest BCUT2D eigenvalue weighted by molar-refractivity contribution is 5.88. The molecule has 1 aliphatic heterocycles. The number of methoxy groups -OCH3 is 1. The van der Waals surface area contributed by atoms with Crippen LogP contribution in [0.15, 0.2) is 42.5 Å². The Morgan fingerprint density at radius 3 is 2.58 bits per heavy atom. The molecule has 33 heavy (non-hydrogen) atoms. The van der Waals surface area contributed by atoms with E-state index in [2.05, 4.69) is 0 Å². The van der Waals surface area contributed by atoms with Crippen molar-refractivity contribution in [3.63, 3.8) is 0 Å². The van der Waals surface area contributed by atoms with E-state index in [-0.39, 0.29) is 37.6 Å². The van der Waals surface area contributed by atoms with E-state index in [1.165, 1.54) is 18.1 Å². The molecule has 2 N–H and O–H groups in total. The quantitative estimate of drug-likeness (QED) is 0.715. The molecule has 0 bridgehead atoms. The number of nitriles is 1. The predicted octanol–water partition coefficient (Wildman–Crippen LogP) is 2.72. The number of amides is 2. The fourth-order valence-corrected chi connectivity index (χ4v) is 3.92. The van der Waals surface area contributed by atoms with Gasteiger partial charge in [0.25, 0.3) is 0 Å². The van der Waals surface area contributed by atoms with Gasteiger partial charge in [0.1, 0.15) is 11.8 Å². The first-order valence-electron chi connectivity index (χ1n) is 10.2. The molecule has 0 radical (unpaired) electrons. The number of benzene rings is 2. The number of carbonyl (C=O) groups is 2. The maximum atomic E-state index is 13.3. The second kappa shape index (κ2) is 9.81. The van der Waals surface area contributed by atoms with Gasteiger partial charge in [-0.05, 0) is 36.2 Å². The molecule has 0 aromatic heterocycles. The number of aryl methyl sites for hydroxylation is 1. The first-order valence-corrected chi connectivity index (χ1v) is 10.2. The van der Waals surface area contributed by atoms with Crippen LogP contribution in [0.1, 0.15) is 23.1 Å². The zero-order chi connectivity index (χ0) is 24.2. The lowest BCUT2D eigenvalue weighted by Gasteiger charge is -2.41. The van der Waals surface area contributed by atoms with Crippen LogP contribution in [0.25, 0.3) is 0 Å². The van der Waals surface area contributed by atoms with Crippen LogP contribution in [0.2, 0.25) is 0 Å². The van der Waals surface area contributed by atoms with Gasteiger partial charge in [0, 0.05) is 31.7 Å². The summed E-state index contributed by atoms with van der Waals surface area (Å²) < 4.78 is 45.3. The van der Waals surface area contributed by atoms with Crippen LogP contribution in [0.5, 0.6) is 5.75 Å². The third kappa shape index (κ3) is 5.37. The van der Waals surface area contributed by atoms with Crippen LogP contribution in [-0.4, -0.2) is 49.5 Å². The van der Waals surface area contributed by atoms with Gasteiger partial charge in [-0.3, -0.25) is 9.59 Å². The highest BCUT2D eigenvalue weighted by Gasteiger charge is 2.37. The van der Waals surface area contributed by atoms with Crippen molar-refractivity contribution >= 4 is 17.5 Å². The third-order valence-electron chi connectivity index (χ3n) is 5.62. The Morgan fingerprint density at radius 2 is 1.94 bits per heavy atom. The molecule has 1 fully saturated rings. The zero-order valence-electron chi connectivity index (χ0n) is 17.9. The standard InChI is InChI=1S/C23H23F3N4O3/c1-33-20-5-3-2-4-15(20)7-9-21(31)30-11-10-29(14-19(30)22(28)32)17-8-6-16(13-27)18(12-17)23(24,25)26/h2-6,8,12,19H,7,9-11,14H2,1H3,(H2,28,32). The number of para-hydroxylation sites is 1. The Labute approximate surface area is 189 Å². The highest BCUT2D eigenvalue weighted by atomic mass is 19.4. The average molecular weight is 460 g/mol. The molecule has 1 atom stereocenters. The largest absolute Gasteiger partial charge is 0.496 e. The first kappa shape index (κ1) is 23.9. The number of hydrogen-bond acceptors (Lipinski definition) is 5. The zero-order valence-corrected chi connectivity index (χ0v) is 17.9. The van der Waals surface area contributed by atoms with Gasteiger partial charge in [0.2, 0.25) is 11.8 Å². The van der Waals surface area contributed by atoms with Gasteiger partial charge >= 0.3 is 6.18 Å². The minimum absolute atomic E-state index is 0.0427. The van der Waals surface area contributed by atoms with Crippen LogP contribution in [0, 0.1) is 11.3 Å². The van der Waals surface area contributed by atoms with Gasteiger partial charge in [-0.15, -0.1) is 0 Å². The molecule has 1 saturated heterocycles. The first-order chi connectivity index (χ1) is 15.7. The summed E-state index contributed by atoms with van der Waals surface area (Å²) in [6, 6.07) is 11.2. The number of hydrogen-bond donors (Lipinski definition) is 1. The van der Waals surface area contributed by atoms with Crippen molar-refractivity contribution < 1.29 is 27.5 Å². The Morgan fingerprint density at radius 1 is 1.21 bits per heavy atom. The number of primary amides is 1. The number of rotatable bonds is 6. The number of ether oxygens (including phenoxy) is 1. The summed E-state index contributed by atoms with van der Waals surface area (Å²) in [6.07, 6.45) is -4.17. The van der Waals surface area contributed by atoms with Gasteiger partial charge < -0.3 is 20.3 Å². The van der Waals surface area contributed by atoms with E-state index in [1.807, 2.05) is 18.2 Å². The van der Waals surface area contributed by atoms with Crippen molar-refractivity contribution in [3.05, 3.63) is 59.2 Å². The van der Waals surface area contributed by atoms with Crippen molar-refractivity contribution in [2.45, 2.75) is 25.1 Å². The van der Waals surface area contributed by atoms with E-state index < -0.39 is 29.3 Å². The lowest BCUT2D eigenvalue weighted by atomic mass is 10.0. The molecule has 2 amide bonds. The second-order valence-electron chi connectivity index (χ2n) is 7.60. The number of nitrogens with zero attached hydrogens (tertiary/aromatic N) is 3. The molecule has 3 rings (SSSR count). The van der Waals surface area contributed by atoms with E-state index >= 15 is 0 Å². The van der Waals surface area contributed by atoms with Crippen molar-refractivity contribution in [1.29, 1.82) is 5.26 Å². The van der Waals surface area contributed by atoms with Gasteiger partial charge in [-0.2, -0.15) is 18.4 Å². The number of carbonyl (C=O) groups excluding carboxylic acids is 2. The molecule has 2 aromatic rings. The summed E-state index contributed by atoms with van der Waals surface area (Å²) in [4.78, 5) is 27.9. The molecule has 7 nitrogen and oxygen atoms in total.